The van der Waals surface area contributed by atoms with Gasteiger partial charge in [0.15, 0.2) is 17.5 Å². The van der Waals surface area contributed by atoms with Gasteiger partial charge < -0.3 is 4.42 Å². The van der Waals surface area contributed by atoms with Crippen LogP contribution in [0.5, 0.6) is 0 Å². The summed E-state index contributed by atoms with van der Waals surface area (Å²) in [7, 11) is 0. The molecule has 2 aliphatic rings. The number of para-hydroxylation sites is 1. The SMILES string of the molecule is c1ccc(-c2nc(-c3ccccc3)nc(-c3ccc4c(c3)C3(c5ccccc5-4)c4ccccc4-c4c3ccc3oc5ccccc5c43)n2)cc1. The Morgan fingerprint density at radius 2 is 0.940 bits per heavy atom. The third kappa shape index (κ3) is 3.62. The van der Waals surface area contributed by atoms with Crippen molar-refractivity contribution < 1.29 is 4.42 Å². The molecule has 4 nitrogen and oxygen atoms in total. The monoisotopic (exact) mass is 637 g/mol. The number of rotatable bonds is 3. The minimum atomic E-state index is -0.530. The minimum Gasteiger partial charge on any atom is -0.456 e. The highest BCUT2D eigenvalue weighted by atomic mass is 16.3. The first kappa shape index (κ1) is 27.3. The molecule has 50 heavy (non-hydrogen) atoms. The summed E-state index contributed by atoms with van der Waals surface area (Å²) < 4.78 is 6.43. The normalized spacial score (nSPS) is 15.3. The summed E-state index contributed by atoms with van der Waals surface area (Å²) in [5.41, 5.74) is 14.2. The van der Waals surface area contributed by atoms with Crippen molar-refractivity contribution in [3.8, 4) is 56.4 Å². The van der Waals surface area contributed by atoms with Gasteiger partial charge in [0.2, 0.25) is 0 Å². The van der Waals surface area contributed by atoms with E-state index in [0.29, 0.717) is 17.5 Å². The lowest BCUT2D eigenvalue weighted by atomic mass is 9.70. The molecule has 0 amide bonds. The molecule has 232 valence electrons. The molecule has 4 heteroatoms. The highest BCUT2D eigenvalue weighted by molar-refractivity contribution is 6.16. The van der Waals surface area contributed by atoms with Crippen LogP contribution in [0.3, 0.4) is 0 Å². The van der Waals surface area contributed by atoms with E-state index in [4.69, 9.17) is 19.4 Å². The van der Waals surface area contributed by atoms with Crippen LogP contribution in [-0.4, -0.2) is 15.0 Å². The molecule has 1 unspecified atom stereocenters. The molecule has 0 saturated heterocycles. The maximum absolute atomic E-state index is 6.43. The Labute approximate surface area is 288 Å². The van der Waals surface area contributed by atoms with Gasteiger partial charge in [-0.1, -0.05) is 146 Å². The zero-order chi connectivity index (χ0) is 32.8. The molecular formula is C46H27N3O. The van der Waals surface area contributed by atoms with Gasteiger partial charge in [-0.15, -0.1) is 0 Å². The summed E-state index contributed by atoms with van der Waals surface area (Å²) in [5, 5.41) is 2.31. The number of hydrogen-bond donors (Lipinski definition) is 0. The molecule has 2 aromatic heterocycles. The van der Waals surface area contributed by atoms with Crippen molar-refractivity contribution in [2.24, 2.45) is 0 Å². The van der Waals surface area contributed by atoms with E-state index in [1.807, 2.05) is 42.5 Å². The number of furan rings is 1. The smallest absolute Gasteiger partial charge is 0.164 e. The number of fused-ring (bicyclic) bond motifs is 14. The average Bonchev–Trinajstić information content (AvgIpc) is 3.82. The minimum absolute atomic E-state index is 0.530. The first-order chi connectivity index (χ1) is 24.8. The first-order valence-corrected chi connectivity index (χ1v) is 17.0. The van der Waals surface area contributed by atoms with Crippen molar-refractivity contribution in [1.82, 2.24) is 15.0 Å². The van der Waals surface area contributed by atoms with E-state index in [2.05, 4.69) is 121 Å². The lowest BCUT2D eigenvalue weighted by Crippen LogP contribution is -2.25. The zero-order valence-corrected chi connectivity index (χ0v) is 26.8. The summed E-state index contributed by atoms with van der Waals surface area (Å²) in [6.07, 6.45) is 0. The van der Waals surface area contributed by atoms with E-state index in [1.54, 1.807) is 0 Å². The molecule has 0 bridgehead atoms. The molecule has 1 spiro atoms. The van der Waals surface area contributed by atoms with Gasteiger partial charge in [-0.3, -0.25) is 0 Å². The molecule has 0 saturated carbocycles. The predicted octanol–water partition coefficient (Wildman–Crippen LogP) is 11.1. The molecule has 11 rings (SSSR count). The third-order valence-electron chi connectivity index (χ3n) is 10.6. The number of aromatic nitrogens is 3. The fourth-order valence-corrected chi connectivity index (χ4v) is 8.52. The lowest BCUT2D eigenvalue weighted by Gasteiger charge is -2.30. The maximum Gasteiger partial charge on any atom is 0.164 e. The summed E-state index contributed by atoms with van der Waals surface area (Å²) in [4.78, 5) is 15.2. The van der Waals surface area contributed by atoms with Crippen molar-refractivity contribution in [2.45, 2.75) is 5.41 Å². The van der Waals surface area contributed by atoms with Gasteiger partial charge in [0.1, 0.15) is 11.2 Å². The van der Waals surface area contributed by atoms with Crippen molar-refractivity contribution in [2.75, 3.05) is 0 Å². The van der Waals surface area contributed by atoms with Crippen LogP contribution in [0, 0.1) is 0 Å². The molecule has 0 radical (unpaired) electrons. The maximum atomic E-state index is 6.43. The van der Waals surface area contributed by atoms with E-state index >= 15 is 0 Å². The largest absolute Gasteiger partial charge is 0.456 e. The lowest BCUT2D eigenvalue weighted by molar-refractivity contribution is 0.668. The molecule has 9 aromatic rings. The zero-order valence-electron chi connectivity index (χ0n) is 26.8. The van der Waals surface area contributed by atoms with E-state index in [0.717, 1.165) is 33.2 Å². The van der Waals surface area contributed by atoms with Gasteiger partial charge in [-0.25, -0.2) is 15.0 Å². The van der Waals surface area contributed by atoms with Crippen molar-refractivity contribution in [3.05, 3.63) is 186 Å². The second kappa shape index (κ2) is 10.2. The topological polar surface area (TPSA) is 51.8 Å². The molecular weight excluding hydrogens is 611 g/mol. The Bertz CT molecular complexity index is 2760. The van der Waals surface area contributed by atoms with Gasteiger partial charge in [0, 0.05) is 27.5 Å². The Morgan fingerprint density at radius 1 is 0.380 bits per heavy atom. The number of nitrogens with zero attached hydrogens (tertiary/aromatic N) is 3. The van der Waals surface area contributed by atoms with E-state index in [-0.39, 0.29) is 0 Å². The summed E-state index contributed by atoms with van der Waals surface area (Å²) in [6, 6.07) is 57.7. The van der Waals surface area contributed by atoms with Crippen LogP contribution in [0.1, 0.15) is 22.3 Å². The van der Waals surface area contributed by atoms with E-state index in [9.17, 15) is 0 Å². The van der Waals surface area contributed by atoms with Gasteiger partial charge in [0.05, 0.1) is 5.41 Å². The molecule has 1 atom stereocenters. The Balaban J connectivity index is 1.22. The molecule has 0 fully saturated rings. The van der Waals surface area contributed by atoms with Crippen molar-refractivity contribution in [1.29, 1.82) is 0 Å². The Morgan fingerprint density at radius 3 is 1.66 bits per heavy atom. The standard InChI is InChI=1S/C46H27N3O/c1-3-13-28(14-4-1)43-47-44(29-15-5-2-6-16-29)49-45(48-43)30-23-24-32-31-17-7-10-20-35(31)46(38(32)27-30)36-21-11-8-18-33(36)41-37(46)25-26-40-42(41)34-19-9-12-22-39(34)50-40/h1-27H. The van der Waals surface area contributed by atoms with Crippen molar-refractivity contribution in [3.63, 3.8) is 0 Å². The van der Waals surface area contributed by atoms with Crippen LogP contribution in [0.2, 0.25) is 0 Å². The first-order valence-electron chi connectivity index (χ1n) is 17.0. The quantitative estimate of drug-likeness (QED) is 0.193. The van der Waals surface area contributed by atoms with E-state index in [1.165, 1.54) is 49.9 Å². The Hall–Kier alpha value is -6.65. The van der Waals surface area contributed by atoms with Crippen LogP contribution >= 0.6 is 0 Å². The fraction of sp³-hybridized carbons (Fsp3) is 0.0217. The van der Waals surface area contributed by atoms with Gasteiger partial charge in [-0.2, -0.15) is 0 Å². The second-order valence-electron chi connectivity index (χ2n) is 13.1. The van der Waals surface area contributed by atoms with Gasteiger partial charge >= 0.3 is 0 Å². The highest BCUT2D eigenvalue weighted by Gasteiger charge is 2.52. The molecule has 0 N–H and O–H groups in total. The molecule has 2 aliphatic carbocycles. The van der Waals surface area contributed by atoms with Gasteiger partial charge in [0.25, 0.3) is 0 Å². The average molecular weight is 638 g/mol. The van der Waals surface area contributed by atoms with Crippen molar-refractivity contribution >= 4 is 21.9 Å². The predicted molar refractivity (Wildman–Crippen MR) is 200 cm³/mol. The molecule has 0 aliphatic heterocycles. The van der Waals surface area contributed by atoms with Crippen LogP contribution in [0.25, 0.3) is 78.4 Å². The third-order valence-corrected chi connectivity index (χ3v) is 10.6. The van der Waals surface area contributed by atoms with Gasteiger partial charge in [-0.05, 0) is 62.7 Å². The summed E-state index contributed by atoms with van der Waals surface area (Å²) in [6.45, 7) is 0. The van der Waals surface area contributed by atoms with Crippen LogP contribution in [-0.2, 0) is 5.41 Å². The van der Waals surface area contributed by atoms with E-state index < -0.39 is 5.41 Å². The fourth-order valence-electron chi connectivity index (χ4n) is 8.52. The molecule has 2 heterocycles. The van der Waals surface area contributed by atoms with Crippen LogP contribution in [0.15, 0.2) is 168 Å². The van der Waals surface area contributed by atoms with Crippen LogP contribution < -0.4 is 0 Å². The van der Waals surface area contributed by atoms with Crippen LogP contribution in [0.4, 0.5) is 0 Å². The summed E-state index contributed by atoms with van der Waals surface area (Å²) in [5.74, 6) is 1.95. The second-order valence-corrected chi connectivity index (χ2v) is 13.1. The number of benzene rings is 7. The summed E-state index contributed by atoms with van der Waals surface area (Å²) >= 11 is 0. The number of hydrogen-bond acceptors (Lipinski definition) is 4. The Kier molecular flexibility index (Phi) is 5.56. The molecule has 7 aromatic carbocycles. The highest BCUT2D eigenvalue weighted by Crippen LogP contribution is 2.64.